The molecule has 1 atom stereocenters. The zero-order chi connectivity index (χ0) is 20.7. The molecule has 0 nitrogen and oxygen atoms in total. The number of hydrogen-bond acceptors (Lipinski definition) is 0. The molecule has 4 rings (SSSR count). The molecule has 0 N–H and O–H groups in total. The molecule has 158 valence electrons. The van der Waals surface area contributed by atoms with E-state index in [0.717, 1.165) is 6.42 Å². The second-order valence-electron chi connectivity index (χ2n) is 7.19. The van der Waals surface area contributed by atoms with Gasteiger partial charge in [0.2, 0.25) is 0 Å². The van der Waals surface area contributed by atoms with Gasteiger partial charge < -0.3 is 14.9 Å². The van der Waals surface area contributed by atoms with E-state index in [2.05, 4.69) is 108 Å². The summed E-state index contributed by atoms with van der Waals surface area (Å²) in [5.74, 6) is 0.560. The average Bonchev–Trinajstić information content (AvgIpc) is 3.27. The fourth-order valence-electron chi connectivity index (χ4n) is 3.52. The van der Waals surface area contributed by atoms with Crippen LogP contribution in [0.25, 0.3) is 21.9 Å². The Morgan fingerprint density at radius 1 is 1.00 bits per heavy atom. The Bertz CT molecular complexity index is 991. The van der Waals surface area contributed by atoms with Crippen LogP contribution in [-0.4, -0.2) is 6.88 Å². The van der Waals surface area contributed by atoms with Crippen molar-refractivity contribution >= 4 is 17.7 Å². The standard InChI is InChI=1S/C17H15.C9H13.2CH3.Si.Zr/c1-2-13-6-5-8-15(12-13)17-11-10-14-7-3-4-9-16(14)17;1-6-5-7(2)9(4)8(6)3;;;;/h3-12H,2H2,1H3;6H,1-4H3;2*1H3;;/q4*-1;;. The number of rotatable bonds is 2. The monoisotopic (exact) mass is 488 g/mol. The molecule has 0 spiro atoms. The van der Waals surface area contributed by atoms with E-state index in [1.807, 2.05) is 0 Å². The first-order chi connectivity index (χ1) is 13.5. The SMILES string of the molecule is CC1=[C-]C(C)C(C)=C1C.CCc1cccc(-c2c[cH-]c3ccccc23)c1.[CH3-].[CH3-].[Si]=[Zr]. The molecular weight excluding hydrogens is 456 g/mol. The van der Waals surface area contributed by atoms with Crippen molar-refractivity contribution in [2.45, 2.75) is 41.0 Å². The molecule has 1 unspecified atom stereocenters. The number of hydrogen-bond donors (Lipinski definition) is 0. The van der Waals surface area contributed by atoms with Gasteiger partial charge >= 0.3 is 30.2 Å². The van der Waals surface area contributed by atoms with Gasteiger partial charge in [-0.15, -0.1) is 53.6 Å². The minimum atomic E-state index is 0. The van der Waals surface area contributed by atoms with Crippen LogP contribution >= 0.6 is 0 Å². The van der Waals surface area contributed by atoms with E-state index in [9.17, 15) is 0 Å². The van der Waals surface area contributed by atoms with Crippen molar-refractivity contribution in [3.8, 4) is 11.1 Å². The molecule has 3 aromatic rings. The zero-order valence-corrected chi connectivity index (χ0v) is 23.0. The van der Waals surface area contributed by atoms with Gasteiger partial charge in [-0.1, -0.05) is 69.5 Å². The maximum absolute atomic E-state index is 3.36. The Balaban J connectivity index is 0.000000558. The summed E-state index contributed by atoms with van der Waals surface area (Å²) in [5, 5.41) is 2.67. The van der Waals surface area contributed by atoms with Gasteiger partial charge in [0.25, 0.3) is 0 Å². The first kappa shape index (κ1) is 28.6. The third-order valence-electron chi connectivity index (χ3n) is 5.56. The number of allylic oxidation sites excluding steroid dienone is 4. The first-order valence-electron chi connectivity index (χ1n) is 9.77. The van der Waals surface area contributed by atoms with Crippen LogP contribution in [0.15, 0.2) is 77.4 Å². The summed E-state index contributed by atoms with van der Waals surface area (Å²) in [4.78, 5) is 0. The summed E-state index contributed by atoms with van der Waals surface area (Å²) < 4.78 is 0. The molecule has 3 aromatic carbocycles. The van der Waals surface area contributed by atoms with Gasteiger partial charge in [0, 0.05) is 0 Å². The molecule has 0 aromatic heterocycles. The van der Waals surface area contributed by atoms with E-state index in [4.69, 9.17) is 0 Å². The fraction of sp³-hybridized carbons (Fsp3) is 0.250. The van der Waals surface area contributed by atoms with Gasteiger partial charge in [-0.25, -0.2) is 5.57 Å². The van der Waals surface area contributed by atoms with Gasteiger partial charge in [0.15, 0.2) is 0 Å². The van der Waals surface area contributed by atoms with Crippen LogP contribution in [0.3, 0.4) is 0 Å². The Morgan fingerprint density at radius 3 is 2.20 bits per heavy atom. The van der Waals surface area contributed by atoms with Crippen LogP contribution in [-0.2, 0) is 29.8 Å². The van der Waals surface area contributed by atoms with Crippen molar-refractivity contribution < 1.29 is 23.3 Å². The second-order valence-corrected chi connectivity index (χ2v) is 7.19. The molecule has 30 heavy (non-hydrogen) atoms. The zero-order valence-electron chi connectivity index (χ0n) is 19.6. The molecule has 0 heterocycles. The average molecular weight is 490 g/mol. The second kappa shape index (κ2) is 13.8. The van der Waals surface area contributed by atoms with Crippen LogP contribution in [0, 0.1) is 26.8 Å². The molecule has 0 amide bonds. The van der Waals surface area contributed by atoms with Crippen LogP contribution in [0.5, 0.6) is 0 Å². The predicted octanol–water partition coefficient (Wildman–Crippen LogP) is 8.03. The van der Waals surface area contributed by atoms with Crippen molar-refractivity contribution in [1.82, 2.24) is 0 Å². The van der Waals surface area contributed by atoms with Crippen molar-refractivity contribution in [3.63, 3.8) is 0 Å². The maximum atomic E-state index is 3.36. The van der Waals surface area contributed by atoms with Gasteiger partial charge in [-0.05, 0) is 12.0 Å². The van der Waals surface area contributed by atoms with Gasteiger partial charge in [0.1, 0.15) is 0 Å². The van der Waals surface area contributed by atoms with E-state index < -0.39 is 0 Å². The first-order valence-corrected chi connectivity index (χ1v) is 14.0. The number of aryl methyl sites for hydroxylation is 1. The number of benzene rings is 2. The molecular formula is C28H34SiZr-4. The van der Waals surface area contributed by atoms with Crippen molar-refractivity contribution in [3.05, 3.63) is 104 Å². The van der Waals surface area contributed by atoms with Crippen LogP contribution in [0.4, 0.5) is 0 Å². The molecule has 0 aliphatic heterocycles. The van der Waals surface area contributed by atoms with Crippen LogP contribution < -0.4 is 0 Å². The quantitative estimate of drug-likeness (QED) is 0.252. The Labute approximate surface area is 202 Å². The molecule has 1 aliphatic carbocycles. The molecule has 0 bridgehead atoms. The Morgan fingerprint density at radius 2 is 1.67 bits per heavy atom. The van der Waals surface area contributed by atoms with E-state index in [1.54, 1.807) is 0 Å². The summed E-state index contributed by atoms with van der Waals surface area (Å²) in [6.45, 7) is 13.9. The molecule has 2 heteroatoms. The minimum absolute atomic E-state index is 0. The fourth-order valence-corrected chi connectivity index (χ4v) is 3.52. The third-order valence-corrected chi connectivity index (χ3v) is 5.56. The van der Waals surface area contributed by atoms with E-state index in [0.29, 0.717) is 5.92 Å². The molecule has 0 saturated carbocycles. The van der Waals surface area contributed by atoms with Gasteiger partial charge in [-0.2, -0.15) is 11.1 Å². The predicted molar refractivity (Wildman–Crippen MR) is 133 cm³/mol. The summed E-state index contributed by atoms with van der Waals surface area (Å²) in [6.07, 6.45) is 4.45. The Hall–Kier alpha value is -1.37. The Kier molecular flexibility index (Phi) is 13.2. The van der Waals surface area contributed by atoms with Gasteiger partial charge in [-0.3, -0.25) is 6.08 Å². The molecule has 1 aliphatic rings. The molecule has 2 radical (unpaired) electrons. The topological polar surface area (TPSA) is 0 Å². The van der Waals surface area contributed by atoms with Gasteiger partial charge in [0.05, 0.1) is 0 Å². The van der Waals surface area contributed by atoms with Crippen molar-refractivity contribution in [2.24, 2.45) is 5.92 Å². The van der Waals surface area contributed by atoms with E-state index >= 15 is 0 Å². The summed E-state index contributed by atoms with van der Waals surface area (Å²) in [6, 6.07) is 21.8. The summed E-state index contributed by atoms with van der Waals surface area (Å²) in [5.41, 5.74) is 8.31. The van der Waals surface area contributed by atoms with E-state index in [1.165, 1.54) is 67.5 Å². The van der Waals surface area contributed by atoms with Crippen LogP contribution in [0.1, 0.15) is 40.2 Å². The third kappa shape index (κ3) is 6.82. The van der Waals surface area contributed by atoms with Crippen molar-refractivity contribution in [2.75, 3.05) is 0 Å². The number of fused-ring (bicyclic) bond motifs is 1. The summed E-state index contributed by atoms with van der Waals surface area (Å²) in [7, 11) is 0. The normalized spacial score (nSPS) is 14.4. The summed E-state index contributed by atoms with van der Waals surface area (Å²) >= 11 is 1.36. The molecule has 0 fully saturated rings. The van der Waals surface area contributed by atoms with Crippen LogP contribution in [0.2, 0.25) is 0 Å². The molecule has 0 saturated heterocycles. The van der Waals surface area contributed by atoms with E-state index in [-0.39, 0.29) is 14.9 Å². The van der Waals surface area contributed by atoms with Crippen molar-refractivity contribution in [1.29, 1.82) is 0 Å².